The van der Waals surface area contributed by atoms with Crippen LogP contribution in [-0.4, -0.2) is 17.1 Å². The summed E-state index contributed by atoms with van der Waals surface area (Å²) in [6.45, 7) is 3.19. The zero-order valence-corrected chi connectivity index (χ0v) is 17.1. The van der Waals surface area contributed by atoms with Crippen LogP contribution in [0, 0.1) is 6.07 Å². The minimum absolute atomic E-state index is 0.452. The minimum atomic E-state index is -0.452. The molecule has 5 rings (SSSR count). The molecular weight excluding hydrogens is 388 g/mol. The number of nitrogens with two attached hydrogens (primary N) is 1. The number of furan rings is 1. The lowest BCUT2D eigenvalue weighted by atomic mass is 10.0. The van der Waals surface area contributed by atoms with E-state index in [9.17, 15) is 4.79 Å². The van der Waals surface area contributed by atoms with Gasteiger partial charge < -0.3 is 19.5 Å². The largest absolute Gasteiger partial charge is 0.494 e. The summed E-state index contributed by atoms with van der Waals surface area (Å²) >= 11 is 0. The predicted octanol–water partition coefficient (Wildman–Crippen LogP) is 5.40. The second-order valence-electron chi connectivity index (χ2n) is 7.36. The summed E-state index contributed by atoms with van der Waals surface area (Å²) in [6, 6.07) is 24.8. The van der Waals surface area contributed by atoms with Gasteiger partial charge >= 0.3 is 0 Å². The lowest BCUT2D eigenvalue weighted by molar-refractivity contribution is 0.100. The average molecular weight is 409 g/mol. The van der Waals surface area contributed by atoms with Gasteiger partial charge in [-0.2, -0.15) is 0 Å². The lowest BCUT2D eigenvalue weighted by Crippen LogP contribution is -2.11. The van der Waals surface area contributed by atoms with E-state index in [1.54, 1.807) is 12.3 Å². The van der Waals surface area contributed by atoms with E-state index < -0.39 is 5.91 Å². The minimum Gasteiger partial charge on any atom is -0.494 e. The summed E-state index contributed by atoms with van der Waals surface area (Å²) in [5.41, 5.74) is 10.1. The van der Waals surface area contributed by atoms with Gasteiger partial charge in [0.25, 0.3) is 0 Å². The molecule has 0 saturated heterocycles. The topological polar surface area (TPSA) is 70.4 Å². The molecule has 1 radical (unpaired) electrons. The molecule has 0 atom stereocenters. The number of fused-ring (bicyclic) bond motifs is 3. The molecule has 31 heavy (non-hydrogen) atoms. The van der Waals surface area contributed by atoms with Crippen LogP contribution in [0.3, 0.4) is 0 Å². The number of nitrogens with zero attached hydrogens (tertiary/aromatic N) is 1. The van der Waals surface area contributed by atoms with Crippen LogP contribution in [-0.2, 0) is 6.54 Å². The van der Waals surface area contributed by atoms with Crippen molar-refractivity contribution in [1.82, 2.24) is 4.57 Å². The number of rotatable bonds is 6. The van der Waals surface area contributed by atoms with Gasteiger partial charge in [-0.25, -0.2) is 0 Å². The molecule has 153 valence electrons. The first-order chi connectivity index (χ1) is 15.2. The SMILES string of the molecule is CCOc1cccc(Cn2c3cc(-c4ccco4)c[c]c3c3c(C(N)=O)cccc32)c1. The number of carbonyl (C=O) groups is 1. The Bertz CT molecular complexity index is 1400. The molecule has 2 aromatic heterocycles. The van der Waals surface area contributed by atoms with Gasteiger partial charge in [0.15, 0.2) is 0 Å². The summed E-state index contributed by atoms with van der Waals surface area (Å²) < 4.78 is 13.4. The maximum absolute atomic E-state index is 12.2. The Labute approximate surface area is 179 Å². The number of hydrogen-bond donors (Lipinski definition) is 1. The molecule has 0 bridgehead atoms. The van der Waals surface area contributed by atoms with Crippen molar-refractivity contribution in [2.75, 3.05) is 6.61 Å². The third-order valence-electron chi connectivity index (χ3n) is 5.42. The van der Waals surface area contributed by atoms with Crippen molar-refractivity contribution in [1.29, 1.82) is 0 Å². The van der Waals surface area contributed by atoms with Crippen molar-refractivity contribution < 1.29 is 13.9 Å². The normalized spacial score (nSPS) is 11.3. The molecule has 0 aliphatic heterocycles. The van der Waals surface area contributed by atoms with Crippen molar-refractivity contribution in [3.05, 3.63) is 90.2 Å². The van der Waals surface area contributed by atoms with E-state index >= 15 is 0 Å². The quantitative estimate of drug-likeness (QED) is 0.408. The van der Waals surface area contributed by atoms with Crippen molar-refractivity contribution in [3.8, 4) is 17.1 Å². The van der Waals surface area contributed by atoms with E-state index in [0.29, 0.717) is 18.7 Å². The molecule has 1 amide bonds. The van der Waals surface area contributed by atoms with E-state index in [1.807, 2.05) is 55.5 Å². The second-order valence-corrected chi connectivity index (χ2v) is 7.36. The zero-order chi connectivity index (χ0) is 21.4. The molecule has 2 N–H and O–H groups in total. The summed E-state index contributed by atoms with van der Waals surface area (Å²) in [5.74, 6) is 1.15. The van der Waals surface area contributed by atoms with Gasteiger partial charge in [0.05, 0.1) is 23.9 Å². The Balaban J connectivity index is 1.76. The van der Waals surface area contributed by atoms with Crippen LogP contribution in [0.1, 0.15) is 22.8 Å². The van der Waals surface area contributed by atoms with Gasteiger partial charge in [-0.3, -0.25) is 4.79 Å². The van der Waals surface area contributed by atoms with E-state index in [0.717, 1.165) is 44.4 Å². The number of amides is 1. The molecule has 5 heteroatoms. The Morgan fingerprint density at radius 2 is 1.97 bits per heavy atom. The molecule has 5 nitrogen and oxygen atoms in total. The predicted molar refractivity (Wildman–Crippen MR) is 121 cm³/mol. The Morgan fingerprint density at radius 1 is 1.10 bits per heavy atom. The van der Waals surface area contributed by atoms with Gasteiger partial charge in [-0.05, 0) is 67.1 Å². The molecule has 0 aliphatic rings. The van der Waals surface area contributed by atoms with Crippen molar-refractivity contribution >= 4 is 27.7 Å². The summed E-state index contributed by atoms with van der Waals surface area (Å²) in [7, 11) is 0. The van der Waals surface area contributed by atoms with Gasteiger partial charge in [0, 0.05) is 28.4 Å². The number of primary amides is 1. The summed E-state index contributed by atoms with van der Waals surface area (Å²) in [4.78, 5) is 12.2. The number of benzene rings is 3. The third kappa shape index (κ3) is 3.34. The maximum Gasteiger partial charge on any atom is 0.249 e. The molecule has 0 unspecified atom stereocenters. The van der Waals surface area contributed by atoms with Gasteiger partial charge in [0.1, 0.15) is 11.5 Å². The van der Waals surface area contributed by atoms with Crippen LogP contribution < -0.4 is 10.5 Å². The van der Waals surface area contributed by atoms with E-state index in [-0.39, 0.29) is 0 Å². The zero-order valence-electron chi connectivity index (χ0n) is 17.1. The number of hydrogen-bond acceptors (Lipinski definition) is 3. The number of aromatic nitrogens is 1. The van der Waals surface area contributed by atoms with Crippen LogP contribution in [0.5, 0.6) is 5.75 Å². The summed E-state index contributed by atoms with van der Waals surface area (Å²) in [5, 5.41) is 1.68. The standard InChI is InChI=1S/C26H21N2O3/c1-2-30-19-7-3-6-17(14-19)16-28-22-9-4-8-21(26(27)29)25(22)20-12-11-18(15-23(20)28)24-10-5-13-31-24/h3-11,13-15H,2,16H2,1H3,(H2,27,29). The Morgan fingerprint density at radius 3 is 2.74 bits per heavy atom. The highest BCUT2D eigenvalue weighted by atomic mass is 16.5. The van der Waals surface area contributed by atoms with E-state index in [2.05, 4.69) is 22.8 Å². The smallest absolute Gasteiger partial charge is 0.249 e. The second kappa shape index (κ2) is 7.69. The Kier molecular flexibility index (Phi) is 4.71. The van der Waals surface area contributed by atoms with Gasteiger partial charge in [-0.1, -0.05) is 18.2 Å². The first-order valence-electron chi connectivity index (χ1n) is 10.2. The first kappa shape index (κ1) is 19.0. The van der Waals surface area contributed by atoms with Crippen LogP contribution >= 0.6 is 0 Å². The molecule has 0 saturated carbocycles. The van der Waals surface area contributed by atoms with Crippen molar-refractivity contribution in [2.24, 2.45) is 5.73 Å². The lowest BCUT2D eigenvalue weighted by Gasteiger charge is -2.10. The molecule has 0 fully saturated rings. The van der Waals surface area contributed by atoms with Gasteiger partial charge in [0.2, 0.25) is 5.91 Å². The van der Waals surface area contributed by atoms with Crippen LogP contribution in [0.25, 0.3) is 33.1 Å². The van der Waals surface area contributed by atoms with Crippen LogP contribution in [0.2, 0.25) is 0 Å². The number of carbonyl (C=O) groups excluding carboxylic acids is 1. The fourth-order valence-electron chi connectivity index (χ4n) is 4.10. The fraction of sp³-hybridized carbons (Fsp3) is 0.115. The van der Waals surface area contributed by atoms with Gasteiger partial charge in [-0.15, -0.1) is 0 Å². The molecular formula is C26H21N2O3. The average Bonchev–Trinajstić information content (AvgIpc) is 3.41. The first-order valence-corrected chi connectivity index (χ1v) is 10.2. The summed E-state index contributed by atoms with van der Waals surface area (Å²) in [6.07, 6.45) is 1.65. The third-order valence-corrected chi connectivity index (χ3v) is 5.42. The van der Waals surface area contributed by atoms with Crippen molar-refractivity contribution in [2.45, 2.75) is 13.5 Å². The molecule has 2 heterocycles. The van der Waals surface area contributed by atoms with E-state index in [1.165, 1.54) is 0 Å². The fourth-order valence-corrected chi connectivity index (χ4v) is 4.10. The molecule has 5 aromatic rings. The maximum atomic E-state index is 12.2. The van der Waals surface area contributed by atoms with Crippen molar-refractivity contribution in [3.63, 3.8) is 0 Å². The highest BCUT2D eigenvalue weighted by Gasteiger charge is 2.18. The van der Waals surface area contributed by atoms with Crippen LogP contribution in [0.4, 0.5) is 0 Å². The molecule has 0 spiro atoms. The number of ether oxygens (including phenoxy) is 1. The van der Waals surface area contributed by atoms with Crippen LogP contribution in [0.15, 0.2) is 77.4 Å². The monoisotopic (exact) mass is 409 g/mol. The highest BCUT2D eigenvalue weighted by Crippen LogP contribution is 2.35. The molecule has 3 aromatic carbocycles. The molecule has 0 aliphatic carbocycles. The van der Waals surface area contributed by atoms with E-state index in [4.69, 9.17) is 14.9 Å². The highest BCUT2D eigenvalue weighted by molar-refractivity contribution is 6.18. The Hall–Kier alpha value is -3.99.